The number of esters is 1. The van der Waals surface area contributed by atoms with Gasteiger partial charge < -0.3 is 4.74 Å². The molecular formula is C21H25N3O4. The zero-order valence-corrected chi connectivity index (χ0v) is 16.2. The monoisotopic (exact) mass is 383 g/mol. The molecule has 0 aliphatic heterocycles. The first-order chi connectivity index (χ1) is 13.5. The van der Waals surface area contributed by atoms with Gasteiger partial charge >= 0.3 is 17.3 Å². The molecule has 148 valence electrons. The highest BCUT2D eigenvalue weighted by atomic mass is 16.5. The molecule has 2 aliphatic rings. The van der Waals surface area contributed by atoms with Crippen LogP contribution in [0.1, 0.15) is 55.2 Å². The number of aromatic amines is 1. The Morgan fingerprint density at radius 3 is 2.39 bits per heavy atom. The van der Waals surface area contributed by atoms with Crippen molar-refractivity contribution in [1.29, 1.82) is 0 Å². The number of nitrogens with zero attached hydrogens (tertiary/aromatic N) is 2. The van der Waals surface area contributed by atoms with Gasteiger partial charge in [-0.1, -0.05) is 55.7 Å². The number of rotatable bonds is 3. The zero-order chi connectivity index (χ0) is 19.9. The average Bonchev–Trinajstić information content (AvgIpc) is 3.00. The Labute approximate surface area is 162 Å². The van der Waals surface area contributed by atoms with Crippen LogP contribution in [-0.2, 0) is 16.6 Å². The van der Waals surface area contributed by atoms with E-state index in [1.54, 1.807) is 0 Å². The molecule has 1 aromatic carbocycles. The average molecular weight is 383 g/mol. The van der Waals surface area contributed by atoms with Crippen LogP contribution < -0.4 is 11.4 Å². The first kappa shape index (κ1) is 18.5. The van der Waals surface area contributed by atoms with Crippen molar-refractivity contribution in [3.63, 3.8) is 0 Å². The van der Waals surface area contributed by atoms with E-state index in [-0.39, 0.29) is 11.9 Å². The van der Waals surface area contributed by atoms with E-state index in [1.807, 2.05) is 36.4 Å². The van der Waals surface area contributed by atoms with Gasteiger partial charge in [0.15, 0.2) is 0 Å². The van der Waals surface area contributed by atoms with Gasteiger partial charge in [-0.15, -0.1) is 0 Å². The zero-order valence-electron chi connectivity index (χ0n) is 16.2. The van der Waals surface area contributed by atoms with E-state index >= 15 is 0 Å². The molecule has 2 aliphatic carbocycles. The number of hydrogen-bond donors (Lipinski definition) is 1. The SMILES string of the molecule is COC(=O)C1([C@H]2C=C[C@@H](n3[nH]c(=O)n(C)c3=O)c3ccccc32)CCCCC1. The van der Waals surface area contributed by atoms with E-state index in [0.717, 1.165) is 47.8 Å². The van der Waals surface area contributed by atoms with E-state index in [2.05, 4.69) is 5.10 Å². The normalized spacial score (nSPS) is 23.2. The minimum atomic E-state index is -0.584. The molecule has 4 rings (SSSR count). The molecule has 1 fully saturated rings. The lowest BCUT2D eigenvalue weighted by Crippen LogP contribution is -2.41. The molecular weight excluding hydrogens is 358 g/mol. The highest BCUT2D eigenvalue weighted by molar-refractivity contribution is 5.79. The van der Waals surface area contributed by atoms with Crippen molar-refractivity contribution in [2.45, 2.75) is 44.1 Å². The van der Waals surface area contributed by atoms with Crippen molar-refractivity contribution < 1.29 is 9.53 Å². The third-order valence-electron chi connectivity index (χ3n) is 6.36. The summed E-state index contributed by atoms with van der Waals surface area (Å²) in [6.45, 7) is 0. The van der Waals surface area contributed by atoms with Crippen LogP contribution in [0.15, 0.2) is 46.0 Å². The Balaban J connectivity index is 1.85. The number of carbonyl (C=O) groups excluding carboxylic acids is 1. The Morgan fingerprint density at radius 1 is 1.11 bits per heavy atom. The first-order valence-corrected chi connectivity index (χ1v) is 9.73. The van der Waals surface area contributed by atoms with Crippen molar-refractivity contribution in [1.82, 2.24) is 14.3 Å². The number of methoxy groups -OCH3 is 1. The van der Waals surface area contributed by atoms with Gasteiger partial charge in [-0.3, -0.25) is 4.79 Å². The largest absolute Gasteiger partial charge is 0.469 e. The number of ether oxygens (including phenoxy) is 1. The molecule has 2 aromatic rings. The second-order valence-electron chi connectivity index (χ2n) is 7.77. The van der Waals surface area contributed by atoms with E-state index < -0.39 is 22.8 Å². The number of nitrogens with one attached hydrogen (secondary N) is 1. The fourth-order valence-corrected chi connectivity index (χ4v) is 4.89. The molecule has 0 unspecified atom stereocenters. The van der Waals surface area contributed by atoms with Crippen molar-refractivity contribution in [2.24, 2.45) is 12.5 Å². The van der Waals surface area contributed by atoms with Crippen LogP contribution in [0.2, 0.25) is 0 Å². The lowest BCUT2D eigenvalue weighted by Gasteiger charge is -2.42. The number of fused-ring (bicyclic) bond motifs is 1. The van der Waals surface area contributed by atoms with Crippen LogP contribution in [0.25, 0.3) is 0 Å². The smallest absolute Gasteiger partial charge is 0.347 e. The number of aromatic nitrogens is 3. The number of allylic oxidation sites excluding steroid dienone is 2. The van der Waals surface area contributed by atoms with Gasteiger partial charge in [0.1, 0.15) is 0 Å². The third kappa shape index (κ3) is 2.68. The molecule has 0 saturated heterocycles. The summed E-state index contributed by atoms with van der Waals surface area (Å²) in [5, 5.41) is 2.63. The second-order valence-corrected chi connectivity index (χ2v) is 7.77. The van der Waals surface area contributed by atoms with Gasteiger partial charge in [0.2, 0.25) is 0 Å². The molecule has 0 bridgehead atoms. The number of benzene rings is 1. The van der Waals surface area contributed by atoms with E-state index in [0.29, 0.717) is 0 Å². The standard InChI is InChI=1S/C21H25N3O4/c1-23-19(26)22-24(20(23)27)17-11-10-16(14-8-4-5-9-15(14)17)21(18(25)28-2)12-6-3-7-13-21/h4-5,8-11,16-17H,3,6-7,12-13H2,1-2H3,(H,22,26)/t16-,17+/m0/s1. The van der Waals surface area contributed by atoms with E-state index in [4.69, 9.17) is 4.74 Å². The molecule has 0 radical (unpaired) electrons. The number of H-pyrrole nitrogens is 1. The molecule has 2 atom stereocenters. The maximum absolute atomic E-state index is 12.9. The van der Waals surface area contributed by atoms with Gasteiger partial charge in [-0.2, -0.15) is 0 Å². The first-order valence-electron chi connectivity index (χ1n) is 9.73. The van der Waals surface area contributed by atoms with E-state index in [9.17, 15) is 14.4 Å². The molecule has 0 spiro atoms. The summed E-state index contributed by atoms with van der Waals surface area (Å²) < 4.78 is 7.63. The van der Waals surface area contributed by atoms with Crippen LogP contribution >= 0.6 is 0 Å². The minimum Gasteiger partial charge on any atom is -0.469 e. The van der Waals surface area contributed by atoms with Gasteiger partial charge in [0, 0.05) is 13.0 Å². The summed E-state index contributed by atoms with van der Waals surface area (Å²) >= 11 is 0. The summed E-state index contributed by atoms with van der Waals surface area (Å²) in [5.74, 6) is -0.278. The van der Waals surface area contributed by atoms with Crippen LogP contribution in [-0.4, -0.2) is 27.4 Å². The van der Waals surface area contributed by atoms with Gasteiger partial charge in [-0.25, -0.2) is 23.9 Å². The molecule has 1 N–H and O–H groups in total. The Hall–Kier alpha value is -2.83. The predicted octanol–water partition coefficient (Wildman–Crippen LogP) is 2.24. The molecule has 1 aromatic heterocycles. The molecule has 7 nitrogen and oxygen atoms in total. The Bertz CT molecular complexity index is 1040. The third-order valence-corrected chi connectivity index (χ3v) is 6.36. The molecule has 1 heterocycles. The summed E-state index contributed by atoms with van der Waals surface area (Å²) in [6.07, 6.45) is 8.63. The maximum atomic E-state index is 12.9. The Kier molecular flexibility index (Phi) is 4.61. The lowest BCUT2D eigenvalue weighted by atomic mass is 9.61. The quantitative estimate of drug-likeness (QED) is 0.651. The number of carbonyl (C=O) groups is 1. The highest BCUT2D eigenvalue weighted by Crippen LogP contribution is 2.52. The van der Waals surface area contributed by atoms with Crippen molar-refractivity contribution >= 4 is 5.97 Å². The highest BCUT2D eigenvalue weighted by Gasteiger charge is 2.48. The lowest BCUT2D eigenvalue weighted by molar-refractivity contribution is -0.156. The molecule has 7 heteroatoms. The summed E-state index contributed by atoms with van der Waals surface area (Å²) in [4.78, 5) is 37.3. The van der Waals surface area contributed by atoms with Crippen LogP contribution in [0.5, 0.6) is 0 Å². The van der Waals surface area contributed by atoms with Crippen LogP contribution in [0.3, 0.4) is 0 Å². The second kappa shape index (κ2) is 6.96. The number of hydrogen-bond acceptors (Lipinski definition) is 4. The minimum absolute atomic E-state index is 0.112. The molecule has 1 saturated carbocycles. The summed E-state index contributed by atoms with van der Waals surface area (Å²) in [7, 11) is 2.90. The molecule has 0 amide bonds. The predicted molar refractivity (Wildman–Crippen MR) is 104 cm³/mol. The van der Waals surface area contributed by atoms with Gasteiger partial charge in [0.05, 0.1) is 18.6 Å². The molecule has 28 heavy (non-hydrogen) atoms. The van der Waals surface area contributed by atoms with Crippen molar-refractivity contribution in [3.8, 4) is 0 Å². The van der Waals surface area contributed by atoms with Gasteiger partial charge in [0.25, 0.3) is 0 Å². The maximum Gasteiger partial charge on any atom is 0.347 e. The van der Waals surface area contributed by atoms with Crippen LogP contribution in [0, 0.1) is 5.41 Å². The van der Waals surface area contributed by atoms with Gasteiger partial charge in [-0.05, 0) is 24.0 Å². The summed E-state index contributed by atoms with van der Waals surface area (Å²) in [5.41, 5.74) is 0.510. The topological polar surface area (TPSA) is 86.1 Å². The van der Waals surface area contributed by atoms with Crippen LogP contribution in [0.4, 0.5) is 0 Å². The fraction of sp³-hybridized carbons (Fsp3) is 0.476. The Morgan fingerprint density at radius 2 is 1.79 bits per heavy atom. The fourth-order valence-electron chi connectivity index (χ4n) is 4.89. The van der Waals surface area contributed by atoms with E-state index in [1.165, 1.54) is 18.8 Å². The van der Waals surface area contributed by atoms with Crippen molar-refractivity contribution in [3.05, 3.63) is 68.5 Å². The summed E-state index contributed by atoms with van der Waals surface area (Å²) in [6, 6.07) is 7.43. The van der Waals surface area contributed by atoms with Crippen molar-refractivity contribution in [2.75, 3.05) is 7.11 Å².